The van der Waals surface area contributed by atoms with Gasteiger partial charge in [-0.15, -0.1) is 0 Å². The van der Waals surface area contributed by atoms with Gasteiger partial charge < -0.3 is 50.0 Å². The lowest BCUT2D eigenvalue weighted by Gasteiger charge is -2.49. The van der Waals surface area contributed by atoms with E-state index in [0.29, 0.717) is 65.1 Å². The maximum atomic E-state index is 13.7. The molecule has 3 aromatic rings. The van der Waals surface area contributed by atoms with E-state index in [4.69, 9.17) is 18.9 Å². The molecule has 1 spiro atoms. The van der Waals surface area contributed by atoms with E-state index in [-0.39, 0.29) is 47.8 Å². The smallest absolute Gasteiger partial charge is 0.220 e. The second kappa shape index (κ2) is 15.9. The number of nitrogens with zero attached hydrogens (tertiary/aromatic N) is 2. The molecule has 0 radical (unpaired) electrons. The first kappa shape index (κ1) is 40.2. The van der Waals surface area contributed by atoms with Crippen molar-refractivity contribution < 1.29 is 54.4 Å². The standard InChI is InChI=1S/C43H51N3O12/c1-3-32-29-10-12-44-31(29)20-46(32)37-39-26(14-30-33(49)13-23(2)56-40(30)37)15-35(43(57-39)11-4-5-25(18-43)27-16-36(51)45-19-27)58-55-22-42(54,41(53)38(52)34(50)21-47)17-24-6-8-28(48)9-7-24/h6-10,12-14,20,25,27,32,34-35,38,41,47-48,50,52-54H,3-5,11,15-19,21-22H2,1-2H3,(H,45,51). The summed E-state index contributed by atoms with van der Waals surface area (Å²) in [5, 5.41) is 66.8. The van der Waals surface area contributed by atoms with Gasteiger partial charge in [-0.3, -0.25) is 14.6 Å². The van der Waals surface area contributed by atoms with Gasteiger partial charge in [0.1, 0.15) is 59.4 Å². The number of rotatable bonds is 13. The molecule has 1 amide bonds. The number of amides is 1. The van der Waals surface area contributed by atoms with Gasteiger partial charge in [-0.05, 0) is 80.7 Å². The summed E-state index contributed by atoms with van der Waals surface area (Å²) in [6, 6.07) is 8.98. The Hall–Kier alpha value is -4.61. The largest absolute Gasteiger partial charge is 0.508 e. The molecule has 310 valence electrons. The van der Waals surface area contributed by atoms with Crippen molar-refractivity contribution >= 4 is 28.8 Å². The number of phenols is 1. The minimum Gasteiger partial charge on any atom is -0.508 e. The van der Waals surface area contributed by atoms with Crippen LogP contribution in [0.2, 0.25) is 0 Å². The predicted molar refractivity (Wildman–Crippen MR) is 211 cm³/mol. The van der Waals surface area contributed by atoms with Gasteiger partial charge in [0.05, 0.1) is 23.7 Å². The van der Waals surface area contributed by atoms with Gasteiger partial charge >= 0.3 is 0 Å². The van der Waals surface area contributed by atoms with Crippen molar-refractivity contribution in [3.8, 4) is 11.5 Å². The third-order valence-corrected chi connectivity index (χ3v) is 12.7. The minimum atomic E-state index is -2.26. The Morgan fingerprint density at radius 3 is 2.64 bits per heavy atom. The molecule has 2 aromatic carbocycles. The van der Waals surface area contributed by atoms with E-state index >= 15 is 0 Å². The summed E-state index contributed by atoms with van der Waals surface area (Å²) in [5.74, 6) is 1.15. The third-order valence-electron chi connectivity index (χ3n) is 12.7. The fraction of sp³-hybridized carbons (Fsp3) is 0.512. The second-order valence-corrected chi connectivity index (χ2v) is 16.5. The number of ether oxygens (including phenoxy) is 1. The van der Waals surface area contributed by atoms with Crippen LogP contribution in [-0.2, 0) is 27.4 Å². The molecule has 5 aliphatic rings. The topological polar surface area (TPSA) is 224 Å². The summed E-state index contributed by atoms with van der Waals surface area (Å²) in [7, 11) is 0. The summed E-state index contributed by atoms with van der Waals surface area (Å²) < 4.78 is 13.7. The third kappa shape index (κ3) is 7.33. The molecule has 58 heavy (non-hydrogen) atoms. The van der Waals surface area contributed by atoms with E-state index in [1.54, 1.807) is 19.2 Å². The summed E-state index contributed by atoms with van der Waals surface area (Å²) in [6.45, 7) is 2.82. The SMILES string of the molecule is CCC1C2=CC=NC2=CN1c1c2c(cc3c(=O)cc(C)oc13)CC(OOCC(O)(Cc1ccc(O)cc1)C(O)C(O)C(O)CO)C1(CCCC(C3CNC(=O)C3)C1)O2. The molecule has 9 unspecified atom stereocenters. The molecule has 1 saturated heterocycles. The van der Waals surface area contributed by atoms with Crippen LogP contribution in [0.15, 0.2) is 74.1 Å². The van der Waals surface area contributed by atoms with Crippen molar-refractivity contribution in [1.29, 1.82) is 0 Å². The van der Waals surface area contributed by atoms with Gasteiger partial charge in [0.2, 0.25) is 5.91 Å². The van der Waals surface area contributed by atoms with Crippen LogP contribution in [0.1, 0.15) is 62.3 Å². The zero-order valence-corrected chi connectivity index (χ0v) is 32.5. The van der Waals surface area contributed by atoms with Crippen LogP contribution in [0.5, 0.6) is 11.5 Å². The Kier molecular flexibility index (Phi) is 11.0. The average molecular weight is 802 g/mol. The number of benzene rings is 2. The van der Waals surface area contributed by atoms with E-state index in [9.17, 15) is 40.2 Å². The zero-order chi connectivity index (χ0) is 40.9. The summed E-state index contributed by atoms with van der Waals surface area (Å²) in [6.07, 6.45) is 2.93. The maximum absolute atomic E-state index is 13.7. The van der Waals surface area contributed by atoms with Crippen molar-refractivity contribution in [2.75, 3.05) is 24.7 Å². The Labute approximate surface area is 334 Å². The van der Waals surface area contributed by atoms with Crippen LogP contribution in [0.25, 0.3) is 11.0 Å². The Bertz CT molecular complexity index is 2200. The molecule has 8 rings (SSSR count). The minimum absolute atomic E-state index is 0.00462. The number of phenolic OH excluding ortho intramolecular Hbond substituents is 1. The zero-order valence-electron chi connectivity index (χ0n) is 32.5. The summed E-state index contributed by atoms with van der Waals surface area (Å²) in [5.41, 5.74) is 0.520. The van der Waals surface area contributed by atoms with E-state index in [1.807, 2.05) is 12.3 Å². The van der Waals surface area contributed by atoms with Gasteiger partial charge in [0, 0.05) is 55.4 Å². The van der Waals surface area contributed by atoms with Crippen LogP contribution in [-0.4, -0.2) is 104 Å². The number of anilines is 1. The highest BCUT2D eigenvalue weighted by atomic mass is 17.2. The normalized spacial score (nSPS) is 27.7. The van der Waals surface area contributed by atoms with Gasteiger partial charge in [-0.1, -0.05) is 19.1 Å². The summed E-state index contributed by atoms with van der Waals surface area (Å²) in [4.78, 5) is 44.9. The number of carbonyl (C=O) groups is 1. The van der Waals surface area contributed by atoms with Crippen molar-refractivity contribution in [1.82, 2.24) is 5.32 Å². The van der Waals surface area contributed by atoms with Crippen molar-refractivity contribution in [2.45, 2.75) is 107 Å². The molecule has 2 fully saturated rings. The number of aryl methyl sites for hydroxylation is 1. The highest BCUT2D eigenvalue weighted by Gasteiger charge is 2.53. The number of hydrogen-bond acceptors (Lipinski definition) is 14. The number of fused-ring (bicyclic) bond motifs is 3. The quantitative estimate of drug-likeness (QED) is 0.0977. The molecular weight excluding hydrogens is 750 g/mol. The Morgan fingerprint density at radius 2 is 1.91 bits per heavy atom. The van der Waals surface area contributed by atoms with E-state index < -0.39 is 48.8 Å². The number of allylic oxidation sites excluding steroid dienone is 1. The molecule has 15 heteroatoms. The highest BCUT2D eigenvalue weighted by Crippen LogP contribution is 2.53. The first-order valence-electron chi connectivity index (χ1n) is 20.1. The lowest BCUT2D eigenvalue weighted by Crippen LogP contribution is -2.58. The number of aliphatic imine (C=N–C) groups is 1. The number of nitrogens with one attached hydrogen (secondary N) is 1. The van der Waals surface area contributed by atoms with Crippen molar-refractivity contribution in [3.63, 3.8) is 0 Å². The van der Waals surface area contributed by atoms with Crippen molar-refractivity contribution in [2.24, 2.45) is 16.8 Å². The maximum Gasteiger partial charge on any atom is 0.220 e. The first-order valence-corrected chi connectivity index (χ1v) is 20.1. The molecule has 15 nitrogen and oxygen atoms in total. The fourth-order valence-corrected chi connectivity index (χ4v) is 9.58. The molecule has 4 aliphatic heterocycles. The molecular formula is C43H51N3O12. The molecule has 0 bridgehead atoms. The van der Waals surface area contributed by atoms with Gasteiger partial charge in [-0.2, -0.15) is 0 Å². The number of hydrogen-bond donors (Lipinski definition) is 7. The molecule has 5 heterocycles. The second-order valence-electron chi connectivity index (χ2n) is 16.5. The number of aliphatic hydroxyl groups is 5. The van der Waals surface area contributed by atoms with Gasteiger partial charge in [0.15, 0.2) is 16.8 Å². The van der Waals surface area contributed by atoms with Crippen molar-refractivity contribution in [3.05, 3.63) is 87.1 Å². The first-order chi connectivity index (χ1) is 27.8. The van der Waals surface area contributed by atoms with Crippen LogP contribution in [0.3, 0.4) is 0 Å². The van der Waals surface area contributed by atoms with Crippen LogP contribution >= 0.6 is 0 Å². The fourth-order valence-electron chi connectivity index (χ4n) is 9.58. The predicted octanol–water partition coefficient (Wildman–Crippen LogP) is 2.62. The van der Waals surface area contributed by atoms with E-state index in [1.165, 1.54) is 30.3 Å². The molecule has 1 aromatic heterocycles. The summed E-state index contributed by atoms with van der Waals surface area (Å²) >= 11 is 0. The van der Waals surface area contributed by atoms with Crippen LogP contribution < -0.4 is 20.4 Å². The molecule has 1 aliphatic carbocycles. The highest BCUT2D eigenvalue weighted by molar-refractivity contribution is 5.96. The van der Waals surface area contributed by atoms with Gasteiger partial charge in [0.25, 0.3) is 0 Å². The number of carbonyl (C=O) groups excluding carboxylic acids is 1. The van der Waals surface area contributed by atoms with Crippen LogP contribution in [0.4, 0.5) is 5.69 Å². The number of aliphatic hydroxyl groups excluding tert-OH is 4. The number of aromatic hydroxyl groups is 1. The van der Waals surface area contributed by atoms with Gasteiger partial charge in [-0.25, -0.2) is 9.78 Å². The van der Waals surface area contributed by atoms with E-state index in [0.717, 1.165) is 30.5 Å². The van der Waals surface area contributed by atoms with E-state index in [2.05, 4.69) is 22.1 Å². The Morgan fingerprint density at radius 1 is 1.12 bits per heavy atom. The molecule has 9 atom stereocenters. The van der Waals surface area contributed by atoms with Crippen LogP contribution in [0, 0.1) is 18.8 Å². The molecule has 1 saturated carbocycles. The monoisotopic (exact) mass is 801 g/mol. The Balaban J connectivity index is 1.18. The molecule has 7 N–H and O–H groups in total. The lowest BCUT2D eigenvalue weighted by molar-refractivity contribution is -0.374. The average Bonchev–Trinajstić information content (AvgIpc) is 3.94. The lowest BCUT2D eigenvalue weighted by atomic mass is 9.68.